The second kappa shape index (κ2) is 4.83. The summed E-state index contributed by atoms with van der Waals surface area (Å²) in [5.41, 5.74) is 3.43. The Morgan fingerprint density at radius 1 is 1.14 bits per heavy atom. The molecular formula is C19H30N2O. The van der Waals surface area contributed by atoms with E-state index in [1.807, 2.05) is 0 Å². The largest absolute Gasteiger partial charge is 0.393 e. The number of fused-ring (bicyclic) bond motifs is 5. The lowest BCUT2D eigenvalue weighted by Gasteiger charge is -2.57. The Bertz CT molecular complexity index is 540. The molecular weight excluding hydrogens is 272 g/mol. The Kier molecular flexibility index (Phi) is 3.24. The van der Waals surface area contributed by atoms with Crippen molar-refractivity contribution in [3.8, 4) is 0 Å². The van der Waals surface area contributed by atoms with Crippen molar-refractivity contribution in [1.82, 2.24) is 0 Å². The molecule has 0 saturated heterocycles. The molecule has 0 amide bonds. The standard InChI is InChI=1S/C19H30N2O/c1-18-9-7-13(22)11-12(18)3-4-14-15-5-6-17(21-20)19(15,2)10-8-16(14)18/h3,13-16,22H,4-11,20H2,1-2H3/b21-17+/t13-,14?,15-,16-,18-,19-/m0/s1. The first-order chi connectivity index (χ1) is 10.5. The Hall–Kier alpha value is -0.830. The van der Waals surface area contributed by atoms with E-state index in [9.17, 15) is 5.11 Å². The smallest absolute Gasteiger partial charge is 0.0577 e. The molecule has 0 radical (unpaired) electrons. The molecule has 3 heteroatoms. The summed E-state index contributed by atoms with van der Waals surface area (Å²) in [4.78, 5) is 0. The van der Waals surface area contributed by atoms with E-state index in [0.717, 1.165) is 37.0 Å². The van der Waals surface area contributed by atoms with Crippen molar-refractivity contribution >= 4 is 5.71 Å². The molecule has 0 spiro atoms. The van der Waals surface area contributed by atoms with Gasteiger partial charge in [-0.15, -0.1) is 0 Å². The average molecular weight is 302 g/mol. The zero-order valence-electron chi connectivity index (χ0n) is 14.0. The van der Waals surface area contributed by atoms with E-state index in [0.29, 0.717) is 5.41 Å². The van der Waals surface area contributed by atoms with Gasteiger partial charge in [0.15, 0.2) is 0 Å². The van der Waals surface area contributed by atoms with Gasteiger partial charge in [-0.25, -0.2) is 0 Å². The highest BCUT2D eigenvalue weighted by Gasteiger charge is 2.57. The molecule has 0 aromatic heterocycles. The Morgan fingerprint density at radius 3 is 2.64 bits per heavy atom. The number of hydrogen-bond donors (Lipinski definition) is 2. The highest BCUT2D eigenvalue weighted by molar-refractivity contribution is 5.92. The van der Waals surface area contributed by atoms with Crippen LogP contribution in [-0.2, 0) is 0 Å². The van der Waals surface area contributed by atoms with Crippen molar-refractivity contribution < 1.29 is 5.11 Å². The number of nitrogens with two attached hydrogens (primary N) is 1. The highest BCUT2D eigenvalue weighted by Crippen LogP contribution is 2.64. The summed E-state index contributed by atoms with van der Waals surface area (Å²) >= 11 is 0. The van der Waals surface area contributed by atoms with Crippen LogP contribution < -0.4 is 5.84 Å². The lowest BCUT2D eigenvalue weighted by molar-refractivity contribution is -0.0209. The number of nitrogens with zero attached hydrogens (tertiary/aromatic N) is 1. The van der Waals surface area contributed by atoms with Gasteiger partial charge in [-0.2, -0.15) is 5.10 Å². The Morgan fingerprint density at radius 2 is 1.86 bits per heavy atom. The zero-order valence-corrected chi connectivity index (χ0v) is 14.0. The predicted octanol–water partition coefficient (Wildman–Crippen LogP) is 3.62. The van der Waals surface area contributed by atoms with E-state index in [1.165, 1.54) is 37.8 Å². The summed E-state index contributed by atoms with van der Waals surface area (Å²) in [6.07, 6.45) is 11.6. The molecule has 0 aliphatic heterocycles. The van der Waals surface area contributed by atoms with E-state index < -0.39 is 0 Å². The second-order valence-electron chi connectivity index (χ2n) is 8.73. The summed E-state index contributed by atoms with van der Waals surface area (Å²) in [6, 6.07) is 0. The van der Waals surface area contributed by atoms with Gasteiger partial charge in [-0.3, -0.25) is 0 Å². The molecule has 0 aromatic rings. The van der Waals surface area contributed by atoms with Crippen molar-refractivity contribution in [3.05, 3.63) is 11.6 Å². The van der Waals surface area contributed by atoms with Crippen LogP contribution >= 0.6 is 0 Å². The lowest BCUT2D eigenvalue weighted by atomic mass is 9.48. The van der Waals surface area contributed by atoms with Crippen molar-refractivity contribution in [2.24, 2.45) is 39.5 Å². The third kappa shape index (κ3) is 1.81. The van der Waals surface area contributed by atoms with Gasteiger partial charge in [0.25, 0.3) is 0 Å². The third-order valence-electron chi connectivity index (χ3n) is 7.97. The van der Waals surface area contributed by atoms with E-state index >= 15 is 0 Å². The van der Waals surface area contributed by atoms with E-state index in [4.69, 9.17) is 5.84 Å². The van der Waals surface area contributed by atoms with E-state index in [2.05, 4.69) is 25.0 Å². The fourth-order valence-electron chi connectivity index (χ4n) is 6.64. The van der Waals surface area contributed by atoms with Crippen molar-refractivity contribution in [2.75, 3.05) is 0 Å². The van der Waals surface area contributed by atoms with Crippen molar-refractivity contribution in [1.29, 1.82) is 0 Å². The fraction of sp³-hybridized carbons (Fsp3) is 0.842. The van der Waals surface area contributed by atoms with Gasteiger partial charge in [0.05, 0.1) is 6.10 Å². The molecule has 3 nitrogen and oxygen atoms in total. The van der Waals surface area contributed by atoms with Crippen LogP contribution in [0.5, 0.6) is 0 Å². The third-order valence-corrected chi connectivity index (χ3v) is 7.97. The van der Waals surface area contributed by atoms with Crippen LogP contribution in [0.15, 0.2) is 16.8 Å². The maximum absolute atomic E-state index is 10.0. The van der Waals surface area contributed by atoms with Crippen LogP contribution in [-0.4, -0.2) is 16.9 Å². The highest BCUT2D eigenvalue weighted by atomic mass is 16.3. The molecule has 122 valence electrons. The van der Waals surface area contributed by atoms with E-state index in [-0.39, 0.29) is 11.5 Å². The van der Waals surface area contributed by atoms with Crippen molar-refractivity contribution in [2.45, 2.75) is 71.3 Å². The van der Waals surface area contributed by atoms with Crippen LogP contribution in [0.4, 0.5) is 0 Å². The summed E-state index contributed by atoms with van der Waals surface area (Å²) in [6.45, 7) is 4.90. The molecule has 0 aromatic carbocycles. The van der Waals surface area contributed by atoms with Crippen LogP contribution in [0.3, 0.4) is 0 Å². The maximum Gasteiger partial charge on any atom is 0.0577 e. The minimum Gasteiger partial charge on any atom is -0.393 e. The monoisotopic (exact) mass is 302 g/mol. The van der Waals surface area contributed by atoms with Crippen molar-refractivity contribution in [3.63, 3.8) is 0 Å². The molecule has 22 heavy (non-hydrogen) atoms. The second-order valence-corrected chi connectivity index (χ2v) is 8.73. The zero-order chi connectivity index (χ0) is 15.5. The van der Waals surface area contributed by atoms with Gasteiger partial charge >= 0.3 is 0 Å². The number of rotatable bonds is 0. The normalized spacial score (nSPS) is 52.7. The molecule has 3 fully saturated rings. The molecule has 1 unspecified atom stereocenters. The van der Waals surface area contributed by atoms with Gasteiger partial charge < -0.3 is 10.9 Å². The molecule has 0 bridgehead atoms. The topological polar surface area (TPSA) is 58.6 Å². The van der Waals surface area contributed by atoms with Crippen LogP contribution in [0.25, 0.3) is 0 Å². The summed E-state index contributed by atoms with van der Waals surface area (Å²) in [5, 5.41) is 14.2. The van der Waals surface area contributed by atoms with Crippen LogP contribution in [0.1, 0.15) is 65.2 Å². The molecule has 3 N–H and O–H groups in total. The van der Waals surface area contributed by atoms with Gasteiger partial charge in [-0.1, -0.05) is 25.5 Å². The summed E-state index contributed by atoms with van der Waals surface area (Å²) < 4.78 is 0. The number of aliphatic hydroxyl groups excluding tert-OH is 1. The number of aliphatic hydroxyl groups is 1. The SMILES string of the molecule is C[C@]12CC[C@H](O)CC1=CCC1[C@@H]2CC[C@]2(C)/C(=N/N)CC[C@@H]12. The Labute approximate surface area is 134 Å². The van der Waals surface area contributed by atoms with Crippen LogP contribution in [0, 0.1) is 28.6 Å². The van der Waals surface area contributed by atoms with Gasteiger partial charge in [0.2, 0.25) is 0 Å². The number of allylic oxidation sites excluding steroid dienone is 1. The molecule has 4 aliphatic rings. The van der Waals surface area contributed by atoms with E-state index in [1.54, 1.807) is 5.57 Å². The number of hydrazone groups is 1. The summed E-state index contributed by atoms with van der Waals surface area (Å²) in [7, 11) is 0. The molecule has 6 atom stereocenters. The molecule has 4 aliphatic carbocycles. The number of hydrogen-bond acceptors (Lipinski definition) is 3. The lowest BCUT2D eigenvalue weighted by Crippen LogP contribution is -2.50. The minimum absolute atomic E-state index is 0.104. The average Bonchev–Trinajstić information content (AvgIpc) is 2.84. The predicted molar refractivity (Wildman–Crippen MR) is 89.3 cm³/mol. The quantitative estimate of drug-likeness (QED) is 0.408. The minimum atomic E-state index is -0.104. The molecule has 3 saturated carbocycles. The maximum atomic E-state index is 10.0. The first-order valence-electron chi connectivity index (χ1n) is 9.14. The van der Waals surface area contributed by atoms with Gasteiger partial charge in [-0.05, 0) is 74.5 Å². The Balaban J connectivity index is 1.69. The van der Waals surface area contributed by atoms with Gasteiger partial charge in [0.1, 0.15) is 0 Å². The molecule has 4 rings (SSSR count). The summed E-state index contributed by atoms with van der Waals surface area (Å²) in [5.74, 6) is 8.04. The first kappa shape index (κ1) is 14.7. The van der Waals surface area contributed by atoms with Gasteiger partial charge in [0, 0.05) is 11.1 Å². The molecule has 0 heterocycles. The van der Waals surface area contributed by atoms with Crippen LogP contribution in [0.2, 0.25) is 0 Å². The first-order valence-corrected chi connectivity index (χ1v) is 9.14. The fourth-order valence-corrected chi connectivity index (χ4v) is 6.64.